The highest BCUT2D eigenvalue weighted by molar-refractivity contribution is 5.80. The fourth-order valence-electron chi connectivity index (χ4n) is 3.55. The van der Waals surface area contributed by atoms with Crippen molar-refractivity contribution in [1.29, 1.82) is 0 Å². The zero-order chi connectivity index (χ0) is 19.5. The number of carbonyl (C=O) groups excluding carboxylic acids is 2. The molecule has 7 nitrogen and oxygen atoms in total. The van der Waals surface area contributed by atoms with Gasteiger partial charge in [-0.2, -0.15) is 0 Å². The van der Waals surface area contributed by atoms with E-state index in [0.717, 1.165) is 22.3 Å². The molecule has 0 aromatic heterocycles. The number of nitrogens with one attached hydrogen (secondary N) is 1. The van der Waals surface area contributed by atoms with Crippen LogP contribution >= 0.6 is 0 Å². The van der Waals surface area contributed by atoms with Crippen LogP contribution in [0.2, 0.25) is 0 Å². The van der Waals surface area contributed by atoms with Gasteiger partial charge in [0.15, 0.2) is 5.72 Å². The van der Waals surface area contributed by atoms with Crippen molar-refractivity contribution < 1.29 is 24.2 Å². The third-order valence-corrected chi connectivity index (χ3v) is 4.84. The van der Waals surface area contributed by atoms with Gasteiger partial charge in [0, 0.05) is 32.9 Å². The molecule has 7 heteroatoms. The standard InChI is InChI=1S/C19H26N2O5/c1-12-9-13(2)16(14(3)10-12)11-17(23)20-19(26-18(24)25)5-7-21(8-6-19)15(4)22/h9-10H,5-8,11H2,1-4H3,(H,20,23)(H,24,25). The number of carboxylic acid groups (broad SMARTS) is 1. The summed E-state index contributed by atoms with van der Waals surface area (Å²) in [6.07, 6.45) is -0.823. The number of hydrogen-bond acceptors (Lipinski definition) is 4. The van der Waals surface area contributed by atoms with Crippen LogP contribution in [0.15, 0.2) is 12.1 Å². The Morgan fingerprint density at radius 1 is 1.15 bits per heavy atom. The Balaban J connectivity index is 2.13. The Labute approximate surface area is 153 Å². The van der Waals surface area contributed by atoms with Crippen LogP contribution in [-0.2, 0) is 20.7 Å². The van der Waals surface area contributed by atoms with E-state index in [1.54, 1.807) is 4.90 Å². The zero-order valence-corrected chi connectivity index (χ0v) is 15.7. The van der Waals surface area contributed by atoms with Crippen LogP contribution in [0.1, 0.15) is 42.0 Å². The van der Waals surface area contributed by atoms with Gasteiger partial charge in [0.2, 0.25) is 11.8 Å². The third-order valence-electron chi connectivity index (χ3n) is 4.84. The predicted octanol–water partition coefficient (Wildman–Crippen LogP) is 2.30. The van der Waals surface area contributed by atoms with Gasteiger partial charge in [0.25, 0.3) is 0 Å². The van der Waals surface area contributed by atoms with E-state index in [0.29, 0.717) is 13.1 Å². The zero-order valence-electron chi connectivity index (χ0n) is 15.7. The number of ether oxygens (including phenoxy) is 1. The Bertz CT molecular complexity index is 698. The number of likely N-dealkylation sites (tertiary alicyclic amines) is 1. The summed E-state index contributed by atoms with van der Waals surface area (Å²) in [7, 11) is 0. The second-order valence-electron chi connectivity index (χ2n) is 6.97. The lowest BCUT2D eigenvalue weighted by atomic mass is 9.95. The summed E-state index contributed by atoms with van der Waals surface area (Å²) in [4.78, 5) is 36.8. The van der Waals surface area contributed by atoms with E-state index >= 15 is 0 Å². The quantitative estimate of drug-likeness (QED) is 0.633. The van der Waals surface area contributed by atoms with Crippen molar-refractivity contribution in [1.82, 2.24) is 10.2 Å². The van der Waals surface area contributed by atoms with E-state index in [-0.39, 0.29) is 31.1 Å². The molecule has 0 saturated carbocycles. The van der Waals surface area contributed by atoms with Crippen molar-refractivity contribution in [2.24, 2.45) is 0 Å². The summed E-state index contributed by atoms with van der Waals surface area (Å²) in [5.74, 6) is -0.372. The van der Waals surface area contributed by atoms with Gasteiger partial charge in [0.05, 0.1) is 6.42 Å². The number of amides is 2. The second kappa shape index (κ2) is 7.76. The van der Waals surface area contributed by atoms with Gasteiger partial charge in [-0.25, -0.2) is 4.79 Å². The van der Waals surface area contributed by atoms with Crippen LogP contribution in [0.5, 0.6) is 0 Å². The van der Waals surface area contributed by atoms with Crippen molar-refractivity contribution in [2.75, 3.05) is 13.1 Å². The van der Waals surface area contributed by atoms with Crippen LogP contribution in [0.4, 0.5) is 4.79 Å². The lowest BCUT2D eigenvalue weighted by Crippen LogP contribution is -2.58. The van der Waals surface area contributed by atoms with Crippen molar-refractivity contribution in [2.45, 2.75) is 52.7 Å². The molecule has 2 rings (SSSR count). The molecular formula is C19H26N2O5. The Kier molecular flexibility index (Phi) is 5.90. The molecule has 142 valence electrons. The largest absolute Gasteiger partial charge is 0.507 e. The van der Waals surface area contributed by atoms with Crippen LogP contribution in [0.25, 0.3) is 0 Å². The van der Waals surface area contributed by atoms with E-state index < -0.39 is 11.9 Å². The molecule has 0 aliphatic carbocycles. The highest BCUT2D eigenvalue weighted by Crippen LogP contribution is 2.25. The Morgan fingerprint density at radius 3 is 2.15 bits per heavy atom. The average molecular weight is 362 g/mol. The minimum absolute atomic E-state index is 0.0776. The third kappa shape index (κ3) is 4.74. The monoisotopic (exact) mass is 362 g/mol. The van der Waals surface area contributed by atoms with Crippen LogP contribution in [0.3, 0.4) is 0 Å². The number of nitrogens with zero attached hydrogens (tertiary/aromatic N) is 1. The summed E-state index contributed by atoms with van der Waals surface area (Å²) in [6.45, 7) is 8.06. The minimum Gasteiger partial charge on any atom is -0.450 e. The van der Waals surface area contributed by atoms with E-state index in [4.69, 9.17) is 9.84 Å². The Morgan fingerprint density at radius 2 is 1.69 bits per heavy atom. The molecule has 2 N–H and O–H groups in total. The second-order valence-corrected chi connectivity index (χ2v) is 6.97. The summed E-state index contributed by atoms with van der Waals surface area (Å²) >= 11 is 0. The summed E-state index contributed by atoms with van der Waals surface area (Å²) < 4.78 is 5.04. The molecule has 2 amide bonds. The minimum atomic E-state index is -1.44. The first-order chi connectivity index (χ1) is 12.1. The molecule has 1 fully saturated rings. The number of hydrogen-bond donors (Lipinski definition) is 2. The molecule has 1 aliphatic heterocycles. The fourth-order valence-corrected chi connectivity index (χ4v) is 3.55. The van der Waals surface area contributed by atoms with Crippen molar-refractivity contribution in [3.63, 3.8) is 0 Å². The van der Waals surface area contributed by atoms with Crippen LogP contribution < -0.4 is 5.32 Å². The van der Waals surface area contributed by atoms with Crippen molar-refractivity contribution >= 4 is 18.0 Å². The first-order valence-corrected chi connectivity index (χ1v) is 8.67. The lowest BCUT2D eigenvalue weighted by Gasteiger charge is -2.40. The number of aryl methyl sites for hydroxylation is 3. The normalized spacial score (nSPS) is 16.1. The lowest BCUT2D eigenvalue weighted by molar-refractivity contribution is -0.140. The van der Waals surface area contributed by atoms with Crippen molar-refractivity contribution in [3.8, 4) is 0 Å². The maximum atomic E-state index is 12.6. The first-order valence-electron chi connectivity index (χ1n) is 8.67. The number of piperidine rings is 1. The molecule has 0 radical (unpaired) electrons. The van der Waals surface area contributed by atoms with Gasteiger partial charge in [-0.3, -0.25) is 9.59 Å². The number of benzene rings is 1. The van der Waals surface area contributed by atoms with Gasteiger partial charge in [-0.15, -0.1) is 0 Å². The van der Waals surface area contributed by atoms with E-state index in [2.05, 4.69) is 5.32 Å². The van der Waals surface area contributed by atoms with Gasteiger partial charge < -0.3 is 20.1 Å². The fraction of sp³-hybridized carbons (Fsp3) is 0.526. The summed E-state index contributed by atoms with van der Waals surface area (Å²) in [6, 6.07) is 4.04. The topological polar surface area (TPSA) is 95.9 Å². The molecule has 0 atom stereocenters. The smallest absolute Gasteiger partial charge is 0.450 e. The van der Waals surface area contributed by atoms with Gasteiger partial charge >= 0.3 is 6.16 Å². The van der Waals surface area contributed by atoms with E-state index in [9.17, 15) is 14.4 Å². The van der Waals surface area contributed by atoms with Gasteiger partial charge in [-0.1, -0.05) is 17.7 Å². The number of carbonyl (C=O) groups is 3. The molecule has 0 unspecified atom stereocenters. The van der Waals surface area contributed by atoms with Gasteiger partial charge in [-0.05, 0) is 37.5 Å². The number of rotatable bonds is 4. The molecule has 1 aromatic rings. The molecule has 1 aliphatic rings. The predicted molar refractivity (Wildman–Crippen MR) is 95.8 cm³/mol. The molecule has 0 spiro atoms. The first kappa shape index (κ1) is 19.8. The summed E-state index contributed by atoms with van der Waals surface area (Å²) in [5.41, 5.74) is 2.82. The van der Waals surface area contributed by atoms with Gasteiger partial charge in [0.1, 0.15) is 0 Å². The maximum absolute atomic E-state index is 12.6. The van der Waals surface area contributed by atoms with Crippen LogP contribution in [0, 0.1) is 20.8 Å². The van der Waals surface area contributed by atoms with Crippen molar-refractivity contribution in [3.05, 3.63) is 34.4 Å². The SMILES string of the molecule is CC(=O)N1CCC(NC(=O)Cc2c(C)cc(C)cc2C)(OC(=O)O)CC1. The summed E-state index contributed by atoms with van der Waals surface area (Å²) in [5, 5.41) is 11.8. The highest BCUT2D eigenvalue weighted by atomic mass is 16.7. The average Bonchev–Trinajstić information content (AvgIpc) is 2.50. The molecule has 0 bridgehead atoms. The van der Waals surface area contributed by atoms with Crippen LogP contribution in [-0.4, -0.2) is 46.8 Å². The molecule has 1 heterocycles. The maximum Gasteiger partial charge on any atom is 0.507 e. The highest BCUT2D eigenvalue weighted by Gasteiger charge is 2.40. The molecule has 26 heavy (non-hydrogen) atoms. The van der Waals surface area contributed by atoms with E-state index in [1.807, 2.05) is 32.9 Å². The molecular weight excluding hydrogens is 336 g/mol. The Hall–Kier alpha value is -2.57. The molecule has 1 saturated heterocycles. The van der Waals surface area contributed by atoms with E-state index in [1.165, 1.54) is 6.92 Å². The molecule has 1 aromatic carbocycles.